The van der Waals surface area contributed by atoms with Gasteiger partial charge in [0.15, 0.2) is 0 Å². The standard InChI is InChI=1S/C24H27N5O4S/c1-29-16-15-26-23(29)17-33-20-10-6-18(7-11-20)24(30)27-19-8-12-21(13-9-19)34(31,32)28-22-5-3-2-4-14-25-22/h6-13,15-16H,2-5,14,17H2,1H3,(H,25,28)(H,27,30). The molecule has 2 aromatic carbocycles. The topological polar surface area (TPSA) is 115 Å². The Kier molecular flexibility index (Phi) is 7.27. The van der Waals surface area contributed by atoms with Gasteiger partial charge in [-0.15, -0.1) is 0 Å². The number of aryl methyl sites for hydroxylation is 1. The number of carbonyl (C=O) groups excluding carboxylic acids is 1. The van der Waals surface area contributed by atoms with Gasteiger partial charge in [-0.2, -0.15) is 0 Å². The molecule has 0 fully saturated rings. The van der Waals surface area contributed by atoms with Crippen LogP contribution in [0.25, 0.3) is 0 Å². The number of nitrogens with zero attached hydrogens (tertiary/aromatic N) is 3. The van der Waals surface area contributed by atoms with Crippen LogP contribution in [0, 0.1) is 0 Å². The van der Waals surface area contributed by atoms with Gasteiger partial charge in [-0.25, -0.2) is 13.4 Å². The zero-order valence-corrected chi connectivity index (χ0v) is 19.7. The summed E-state index contributed by atoms with van der Waals surface area (Å²) in [4.78, 5) is 21.2. The van der Waals surface area contributed by atoms with Gasteiger partial charge in [-0.1, -0.05) is 6.42 Å². The van der Waals surface area contributed by atoms with Crippen LogP contribution in [-0.2, 0) is 23.7 Å². The van der Waals surface area contributed by atoms with Crippen molar-refractivity contribution in [2.75, 3.05) is 11.9 Å². The maximum Gasteiger partial charge on any atom is 0.262 e. The van der Waals surface area contributed by atoms with Crippen molar-refractivity contribution < 1.29 is 17.9 Å². The molecule has 0 spiro atoms. The summed E-state index contributed by atoms with van der Waals surface area (Å²) in [6, 6.07) is 12.8. The van der Waals surface area contributed by atoms with Crippen molar-refractivity contribution in [3.05, 3.63) is 72.3 Å². The fourth-order valence-electron chi connectivity index (χ4n) is 3.48. The number of carbonyl (C=O) groups is 1. The van der Waals surface area contributed by atoms with Gasteiger partial charge in [-0.3, -0.25) is 14.5 Å². The van der Waals surface area contributed by atoms with E-state index in [1.165, 1.54) is 12.1 Å². The maximum atomic E-state index is 12.7. The Morgan fingerprint density at radius 1 is 1.06 bits per heavy atom. The van der Waals surface area contributed by atoms with E-state index in [9.17, 15) is 13.2 Å². The number of ether oxygens (including phenoxy) is 1. The fourth-order valence-corrected chi connectivity index (χ4v) is 4.57. The molecule has 2 heterocycles. The summed E-state index contributed by atoms with van der Waals surface area (Å²) in [5, 5.41) is 2.78. The molecule has 0 bridgehead atoms. The van der Waals surface area contributed by atoms with Gasteiger partial charge in [0.05, 0.1) is 4.90 Å². The van der Waals surface area contributed by atoms with Crippen molar-refractivity contribution in [1.82, 2.24) is 14.3 Å². The molecular formula is C24H27N5O4S. The van der Waals surface area contributed by atoms with Gasteiger partial charge in [0.2, 0.25) is 0 Å². The molecule has 1 aliphatic heterocycles. The molecule has 1 amide bonds. The van der Waals surface area contributed by atoms with Crippen molar-refractivity contribution in [3.63, 3.8) is 0 Å². The van der Waals surface area contributed by atoms with E-state index in [0.717, 1.165) is 25.1 Å². The number of aromatic nitrogens is 2. The molecule has 0 radical (unpaired) electrons. The van der Waals surface area contributed by atoms with Crippen molar-refractivity contribution >= 4 is 27.5 Å². The average molecular weight is 482 g/mol. The molecule has 0 atom stereocenters. The smallest absolute Gasteiger partial charge is 0.262 e. The highest BCUT2D eigenvalue weighted by molar-refractivity contribution is 7.90. The lowest BCUT2D eigenvalue weighted by Crippen LogP contribution is -2.30. The predicted octanol–water partition coefficient (Wildman–Crippen LogP) is 3.50. The number of sulfonamides is 1. The summed E-state index contributed by atoms with van der Waals surface area (Å²) in [5.74, 6) is 1.61. The van der Waals surface area contributed by atoms with Crippen LogP contribution < -0.4 is 14.8 Å². The number of amidine groups is 1. The lowest BCUT2D eigenvalue weighted by molar-refractivity contribution is 0.102. The molecule has 4 rings (SSSR count). The predicted molar refractivity (Wildman–Crippen MR) is 129 cm³/mol. The first-order valence-electron chi connectivity index (χ1n) is 11.1. The molecule has 10 heteroatoms. The Balaban J connectivity index is 1.34. The Morgan fingerprint density at radius 3 is 2.53 bits per heavy atom. The SMILES string of the molecule is Cn1ccnc1COc1ccc(C(=O)Nc2ccc(S(=O)(=O)NC3=NCCCCC3)cc2)cc1. The van der Waals surface area contributed by atoms with E-state index < -0.39 is 10.0 Å². The van der Waals surface area contributed by atoms with Crippen LogP contribution in [0.15, 0.2) is 70.8 Å². The third kappa shape index (κ3) is 6.02. The fraction of sp³-hybridized carbons (Fsp3) is 0.292. The highest BCUT2D eigenvalue weighted by Crippen LogP contribution is 2.18. The van der Waals surface area contributed by atoms with Gasteiger partial charge in [0.1, 0.15) is 24.0 Å². The number of nitrogens with one attached hydrogen (secondary N) is 2. The zero-order chi connectivity index (χ0) is 24.0. The van der Waals surface area contributed by atoms with Crippen molar-refractivity contribution in [1.29, 1.82) is 0 Å². The highest BCUT2D eigenvalue weighted by Gasteiger charge is 2.17. The molecule has 1 aromatic heterocycles. The normalized spacial score (nSPS) is 14.1. The Bertz CT molecular complexity index is 1270. The van der Waals surface area contributed by atoms with Gasteiger partial charge in [0, 0.05) is 43.7 Å². The summed E-state index contributed by atoms with van der Waals surface area (Å²) < 4.78 is 35.5. The minimum Gasteiger partial charge on any atom is -0.486 e. The summed E-state index contributed by atoms with van der Waals surface area (Å²) in [6.45, 7) is 0.965. The van der Waals surface area contributed by atoms with Crippen LogP contribution in [0.5, 0.6) is 5.75 Å². The minimum atomic E-state index is -3.72. The quantitative estimate of drug-likeness (QED) is 0.536. The number of hydrogen-bond acceptors (Lipinski definition) is 6. The molecule has 0 saturated heterocycles. The molecule has 0 aliphatic carbocycles. The van der Waals surface area contributed by atoms with Crippen LogP contribution in [-0.4, -0.2) is 36.3 Å². The average Bonchev–Trinajstić information content (AvgIpc) is 3.07. The van der Waals surface area contributed by atoms with Crippen LogP contribution >= 0.6 is 0 Å². The molecule has 0 unspecified atom stereocenters. The second kappa shape index (κ2) is 10.5. The monoisotopic (exact) mass is 481 g/mol. The molecule has 178 valence electrons. The molecule has 9 nitrogen and oxygen atoms in total. The maximum absolute atomic E-state index is 12.7. The summed E-state index contributed by atoms with van der Waals surface area (Å²) >= 11 is 0. The van der Waals surface area contributed by atoms with E-state index in [1.54, 1.807) is 42.6 Å². The van der Waals surface area contributed by atoms with E-state index in [1.807, 2.05) is 17.8 Å². The molecule has 2 N–H and O–H groups in total. The first kappa shape index (κ1) is 23.5. The Hall–Kier alpha value is -3.66. The number of hydrogen-bond donors (Lipinski definition) is 2. The molecule has 1 aliphatic rings. The molecule has 0 saturated carbocycles. The number of aliphatic imine (C=N–C) groups is 1. The van der Waals surface area contributed by atoms with Crippen molar-refractivity contribution in [3.8, 4) is 5.75 Å². The molecule has 3 aromatic rings. The van der Waals surface area contributed by atoms with E-state index in [0.29, 0.717) is 42.4 Å². The van der Waals surface area contributed by atoms with Gasteiger partial charge < -0.3 is 14.6 Å². The zero-order valence-electron chi connectivity index (χ0n) is 18.9. The number of amides is 1. The molecular weight excluding hydrogens is 454 g/mol. The van der Waals surface area contributed by atoms with E-state index in [-0.39, 0.29) is 10.8 Å². The first-order chi connectivity index (χ1) is 16.4. The first-order valence-corrected chi connectivity index (χ1v) is 12.6. The van der Waals surface area contributed by atoms with Gasteiger partial charge in [-0.05, 0) is 61.4 Å². The van der Waals surface area contributed by atoms with E-state index in [4.69, 9.17) is 4.74 Å². The second-order valence-corrected chi connectivity index (χ2v) is 9.67. The minimum absolute atomic E-state index is 0.117. The Morgan fingerprint density at radius 2 is 1.82 bits per heavy atom. The van der Waals surface area contributed by atoms with E-state index in [2.05, 4.69) is 20.0 Å². The Labute approximate surface area is 198 Å². The van der Waals surface area contributed by atoms with Crippen LogP contribution in [0.4, 0.5) is 5.69 Å². The van der Waals surface area contributed by atoms with Crippen molar-refractivity contribution in [2.45, 2.75) is 37.2 Å². The summed E-state index contributed by atoms with van der Waals surface area (Å²) in [7, 11) is -1.82. The van der Waals surface area contributed by atoms with Gasteiger partial charge in [0.25, 0.3) is 15.9 Å². The second-order valence-electron chi connectivity index (χ2n) is 7.99. The number of benzene rings is 2. The van der Waals surface area contributed by atoms with Crippen LogP contribution in [0.1, 0.15) is 41.9 Å². The third-order valence-corrected chi connectivity index (χ3v) is 6.85. The van der Waals surface area contributed by atoms with E-state index >= 15 is 0 Å². The van der Waals surface area contributed by atoms with Crippen molar-refractivity contribution in [2.24, 2.45) is 12.0 Å². The lowest BCUT2D eigenvalue weighted by Gasteiger charge is -2.11. The summed E-state index contributed by atoms with van der Waals surface area (Å²) in [5.41, 5.74) is 0.944. The highest BCUT2D eigenvalue weighted by atomic mass is 32.2. The summed E-state index contributed by atoms with van der Waals surface area (Å²) in [6.07, 6.45) is 7.11. The number of rotatable bonds is 7. The number of anilines is 1. The number of imidazole rings is 1. The largest absolute Gasteiger partial charge is 0.486 e. The molecule has 34 heavy (non-hydrogen) atoms. The lowest BCUT2D eigenvalue weighted by atomic mass is 10.2. The third-order valence-electron chi connectivity index (χ3n) is 5.45. The van der Waals surface area contributed by atoms with Gasteiger partial charge >= 0.3 is 0 Å². The van der Waals surface area contributed by atoms with Crippen LogP contribution in [0.3, 0.4) is 0 Å². The van der Waals surface area contributed by atoms with Crippen LogP contribution in [0.2, 0.25) is 0 Å².